The van der Waals surface area contributed by atoms with Gasteiger partial charge < -0.3 is 0 Å². The average molecular weight is 219 g/mol. The lowest BCUT2D eigenvalue weighted by Gasteiger charge is -1.92. The second-order valence-corrected chi connectivity index (χ2v) is 3.92. The predicted octanol–water partition coefficient (Wildman–Crippen LogP) is 3.45. The van der Waals surface area contributed by atoms with Crippen molar-refractivity contribution in [3.05, 3.63) is 27.7 Å². The number of nitrogens with one attached hydrogen (secondary N) is 1. The first-order valence-corrected chi connectivity index (χ1v) is 4.85. The number of aromatic nitrogens is 2. The largest absolute Gasteiger partial charge is 0.275 e. The molecule has 62 valence electrons. The van der Waals surface area contributed by atoms with Crippen molar-refractivity contribution in [2.45, 2.75) is 0 Å². The molecule has 2 aromatic heterocycles. The first-order valence-electron chi connectivity index (χ1n) is 3.21. The van der Waals surface area contributed by atoms with Gasteiger partial charge in [-0.3, -0.25) is 5.10 Å². The number of hydrogen-bond acceptors (Lipinski definition) is 2. The van der Waals surface area contributed by atoms with E-state index in [-0.39, 0.29) is 0 Å². The fourth-order valence-electron chi connectivity index (χ4n) is 0.903. The molecule has 0 saturated carbocycles. The minimum atomic E-state index is 0.597. The number of H-pyrrole nitrogens is 1. The summed E-state index contributed by atoms with van der Waals surface area (Å²) in [5.41, 5.74) is 0.789. The molecule has 2 nitrogen and oxygen atoms in total. The molecule has 12 heavy (non-hydrogen) atoms. The minimum Gasteiger partial charge on any atom is -0.275 e. The monoisotopic (exact) mass is 218 g/mol. The zero-order chi connectivity index (χ0) is 8.55. The van der Waals surface area contributed by atoms with Crippen LogP contribution in [0.25, 0.3) is 10.6 Å². The summed E-state index contributed by atoms with van der Waals surface area (Å²) in [7, 11) is 0. The first kappa shape index (κ1) is 8.10. The Morgan fingerprint density at radius 1 is 1.33 bits per heavy atom. The molecule has 0 fully saturated rings. The van der Waals surface area contributed by atoms with Crippen LogP contribution in [-0.4, -0.2) is 10.2 Å². The van der Waals surface area contributed by atoms with Crippen molar-refractivity contribution < 1.29 is 0 Å². The van der Waals surface area contributed by atoms with Gasteiger partial charge in [0.15, 0.2) is 0 Å². The maximum Gasteiger partial charge on any atom is 0.0951 e. The van der Waals surface area contributed by atoms with Gasteiger partial charge >= 0.3 is 0 Å². The highest BCUT2D eigenvalue weighted by molar-refractivity contribution is 7.14. The number of thiophene rings is 1. The van der Waals surface area contributed by atoms with Crippen LogP contribution in [0.5, 0.6) is 0 Å². The summed E-state index contributed by atoms with van der Waals surface area (Å²) >= 11 is 13.3. The third-order valence-electron chi connectivity index (χ3n) is 1.44. The Morgan fingerprint density at radius 2 is 2.17 bits per heavy atom. The fraction of sp³-hybridized carbons (Fsp3) is 0. The van der Waals surface area contributed by atoms with Gasteiger partial charge in [-0.05, 0) is 11.4 Å². The Morgan fingerprint density at radius 3 is 2.67 bits per heavy atom. The number of aromatic amines is 1. The number of halogens is 2. The van der Waals surface area contributed by atoms with Crippen LogP contribution in [0.15, 0.2) is 17.6 Å². The van der Waals surface area contributed by atoms with Crippen LogP contribution in [0.2, 0.25) is 10.0 Å². The van der Waals surface area contributed by atoms with Gasteiger partial charge in [-0.1, -0.05) is 23.2 Å². The molecule has 0 unspecified atom stereocenters. The second-order valence-electron chi connectivity index (χ2n) is 2.19. The van der Waals surface area contributed by atoms with Crippen LogP contribution in [0, 0.1) is 0 Å². The Labute approximate surface area is 83.1 Å². The maximum atomic E-state index is 5.91. The van der Waals surface area contributed by atoms with Crippen LogP contribution in [0.1, 0.15) is 0 Å². The summed E-state index contributed by atoms with van der Waals surface area (Å²) in [6.45, 7) is 0. The summed E-state index contributed by atoms with van der Waals surface area (Å²) in [4.78, 5) is 0.930. The van der Waals surface area contributed by atoms with Crippen molar-refractivity contribution in [2.75, 3.05) is 0 Å². The molecular formula is C7H4Cl2N2S. The van der Waals surface area contributed by atoms with Gasteiger partial charge in [0, 0.05) is 0 Å². The van der Waals surface area contributed by atoms with E-state index in [2.05, 4.69) is 10.2 Å². The molecule has 0 saturated heterocycles. The second kappa shape index (κ2) is 3.09. The van der Waals surface area contributed by atoms with E-state index in [4.69, 9.17) is 23.2 Å². The lowest BCUT2D eigenvalue weighted by molar-refractivity contribution is 1.10. The molecule has 2 rings (SSSR count). The minimum absolute atomic E-state index is 0.597. The van der Waals surface area contributed by atoms with E-state index < -0.39 is 0 Å². The summed E-state index contributed by atoms with van der Waals surface area (Å²) in [5.74, 6) is 0. The van der Waals surface area contributed by atoms with Gasteiger partial charge in [0.25, 0.3) is 0 Å². The zero-order valence-corrected chi connectivity index (χ0v) is 8.17. The normalized spacial score (nSPS) is 10.5. The molecule has 2 heterocycles. The lowest BCUT2D eigenvalue weighted by Crippen LogP contribution is -1.73. The zero-order valence-electron chi connectivity index (χ0n) is 5.84. The van der Waals surface area contributed by atoms with E-state index in [9.17, 15) is 0 Å². The highest BCUT2D eigenvalue weighted by atomic mass is 35.5. The molecule has 5 heteroatoms. The highest BCUT2D eigenvalue weighted by Crippen LogP contribution is 2.35. The molecule has 0 aliphatic heterocycles. The van der Waals surface area contributed by atoms with E-state index >= 15 is 0 Å². The van der Waals surface area contributed by atoms with Crippen molar-refractivity contribution in [3.63, 3.8) is 0 Å². The summed E-state index contributed by atoms with van der Waals surface area (Å²) in [6.07, 6.45) is 1.56. The van der Waals surface area contributed by atoms with Crippen LogP contribution in [-0.2, 0) is 0 Å². The number of hydrogen-bond donors (Lipinski definition) is 1. The van der Waals surface area contributed by atoms with E-state index in [1.807, 2.05) is 11.4 Å². The molecule has 0 spiro atoms. The van der Waals surface area contributed by atoms with Gasteiger partial charge in [-0.25, -0.2) is 0 Å². The lowest BCUT2D eigenvalue weighted by atomic mass is 10.3. The standard InChI is InChI=1S/C7H4Cl2N2S/c8-4-1-2-12-7(4)6-5(9)3-10-11-6/h1-3H,(H,10,11). The van der Waals surface area contributed by atoms with E-state index in [0.717, 1.165) is 10.6 Å². The predicted molar refractivity (Wildman–Crippen MR) is 51.9 cm³/mol. The van der Waals surface area contributed by atoms with Crippen molar-refractivity contribution in [2.24, 2.45) is 0 Å². The summed E-state index contributed by atoms with van der Waals surface area (Å²) in [5, 5.41) is 9.81. The Kier molecular flexibility index (Phi) is 2.09. The molecule has 0 aromatic carbocycles. The molecule has 1 N–H and O–H groups in total. The van der Waals surface area contributed by atoms with Crippen LogP contribution in [0.4, 0.5) is 0 Å². The topological polar surface area (TPSA) is 28.7 Å². The summed E-state index contributed by atoms with van der Waals surface area (Å²) in [6, 6.07) is 1.83. The Balaban J connectivity index is 2.57. The molecule has 0 aliphatic carbocycles. The maximum absolute atomic E-state index is 5.91. The molecule has 0 bridgehead atoms. The number of nitrogens with zero attached hydrogens (tertiary/aromatic N) is 1. The molecule has 0 amide bonds. The smallest absolute Gasteiger partial charge is 0.0951 e. The van der Waals surface area contributed by atoms with Gasteiger partial charge in [0.05, 0.1) is 26.8 Å². The molecule has 0 radical (unpaired) electrons. The van der Waals surface area contributed by atoms with Crippen molar-refractivity contribution in [3.8, 4) is 10.6 Å². The quantitative estimate of drug-likeness (QED) is 0.781. The fourth-order valence-corrected chi connectivity index (χ4v) is 2.30. The molecular weight excluding hydrogens is 215 g/mol. The van der Waals surface area contributed by atoms with E-state index in [0.29, 0.717) is 10.0 Å². The summed E-state index contributed by atoms with van der Waals surface area (Å²) < 4.78 is 0. The van der Waals surface area contributed by atoms with Crippen molar-refractivity contribution in [1.29, 1.82) is 0 Å². The molecule has 0 aliphatic rings. The molecule has 2 aromatic rings. The van der Waals surface area contributed by atoms with Gasteiger partial charge in [0.1, 0.15) is 0 Å². The first-order chi connectivity index (χ1) is 5.79. The Bertz CT molecular complexity index is 355. The third kappa shape index (κ3) is 1.24. The Hall–Kier alpha value is -0.510. The van der Waals surface area contributed by atoms with Crippen molar-refractivity contribution >= 4 is 34.5 Å². The van der Waals surface area contributed by atoms with Crippen LogP contribution in [0.3, 0.4) is 0 Å². The highest BCUT2D eigenvalue weighted by Gasteiger charge is 2.09. The SMILES string of the molecule is Clc1cn[nH]c1-c1sccc1Cl. The van der Waals surface area contributed by atoms with Gasteiger partial charge in [-0.15, -0.1) is 11.3 Å². The van der Waals surface area contributed by atoms with Gasteiger partial charge in [0.2, 0.25) is 0 Å². The van der Waals surface area contributed by atoms with Gasteiger partial charge in [-0.2, -0.15) is 5.10 Å². The van der Waals surface area contributed by atoms with Crippen LogP contribution < -0.4 is 0 Å². The number of rotatable bonds is 1. The van der Waals surface area contributed by atoms with Crippen molar-refractivity contribution in [1.82, 2.24) is 10.2 Å². The molecule has 0 atom stereocenters. The third-order valence-corrected chi connectivity index (χ3v) is 3.08. The van der Waals surface area contributed by atoms with E-state index in [1.165, 1.54) is 11.3 Å². The average Bonchev–Trinajstić information content (AvgIpc) is 2.59. The van der Waals surface area contributed by atoms with E-state index in [1.54, 1.807) is 6.20 Å². The van der Waals surface area contributed by atoms with Crippen LogP contribution >= 0.6 is 34.5 Å².